The van der Waals surface area contributed by atoms with Crippen molar-refractivity contribution in [3.8, 4) is 0 Å². The number of rotatable bonds is 50. The number of allylic oxidation sites excluding steroid dienone is 3. The molecule has 5 heteroatoms. The molecule has 0 aromatic heterocycles. The summed E-state index contributed by atoms with van der Waals surface area (Å²) in [7, 11) is 0. The third kappa shape index (κ3) is 46.3. The van der Waals surface area contributed by atoms with Gasteiger partial charge in [-0.2, -0.15) is 0 Å². The molecule has 4 N–H and O–H groups in total. The van der Waals surface area contributed by atoms with E-state index in [1.165, 1.54) is 238 Å². The Morgan fingerprint density at radius 3 is 1.07 bits per heavy atom. The molecule has 0 radical (unpaired) electrons. The highest BCUT2D eigenvalue weighted by Crippen LogP contribution is 2.17. The molecule has 0 rings (SSSR count). The van der Waals surface area contributed by atoms with Gasteiger partial charge in [-0.05, 0) is 32.1 Å². The van der Waals surface area contributed by atoms with Crippen LogP contribution in [0.4, 0.5) is 0 Å². The fraction of sp³-hybridized carbons (Fsp3) is 0.909. The smallest absolute Gasteiger partial charge is 0.222 e. The van der Waals surface area contributed by atoms with Crippen molar-refractivity contribution in [2.24, 2.45) is 0 Å². The number of aliphatic hydroxyl groups excluding tert-OH is 3. The van der Waals surface area contributed by atoms with Gasteiger partial charge in [-0.1, -0.05) is 282 Å². The Kier molecular flexibility index (Phi) is 49.5. The van der Waals surface area contributed by atoms with Crippen LogP contribution in [0.3, 0.4) is 0 Å². The maximum atomic E-state index is 12.5. The summed E-state index contributed by atoms with van der Waals surface area (Å²) in [6.07, 6.45) is 63.6. The molecule has 0 aliphatic carbocycles. The van der Waals surface area contributed by atoms with Gasteiger partial charge in [0, 0.05) is 0 Å². The second kappa shape index (κ2) is 50.5. The van der Waals surface area contributed by atoms with Crippen molar-refractivity contribution in [3.05, 3.63) is 24.3 Å². The van der Waals surface area contributed by atoms with Crippen molar-refractivity contribution in [2.45, 2.75) is 315 Å². The first-order chi connectivity index (χ1) is 29.5. The summed E-state index contributed by atoms with van der Waals surface area (Å²) in [6, 6.07) is -0.759. The average Bonchev–Trinajstić information content (AvgIpc) is 3.24. The lowest BCUT2D eigenvalue weighted by molar-refractivity contribution is -0.124. The van der Waals surface area contributed by atoms with Gasteiger partial charge in [0.05, 0.1) is 31.3 Å². The molecule has 3 atom stereocenters. The van der Waals surface area contributed by atoms with Gasteiger partial charge < -0.3 is 20.6 Å². The molecular formula is C55H107NO4. The molecule has 0 saturated heterocycles. The van der Waals surface area contributed by atoms with Crippen LogP contribution in [0.1, 0.15) is 296 Å². The van der Waals surface area contributed by atoms with E-state index in [0.717, 1.165) is 32.1 Å². The van der Waals surface area contributed by atoms with Gasteiger partial charge in [-0.15, -0.1) is 0 Å². The number of aliphatic hydroxyl groups is 3. The third-order valence-corrected chi connectivity index (χ3v) is 12.7. The minimum Gasteiger partial charge on any atom is -0.394 e. The Balaban J connectivity index is 3.60. The summed E-state index contributed by atoms with van der Waals surface area (Å²) >= 11 is 0. The zero-order chi connectivity index (χ0) is 43.7. The molecule has 0 saturated carbocycles. The van der Waals surface area contributed by atoms with Crippen LogP contribution < -0.4 is 5.32 Å². The molecule has 0 bridgehead atoms. The zero-order valence-corrected chi connectivity index (χ0v) is 40.6. The fourth-order valence-corrected chi connectivity index (χ4v) is 8.59. The van der Waals surface area contributed by atoms with Crippen molar-refractivity contribution in [1.29, 1.82) is 0 Å². The number of carbonyl (C=O) groups is 1. The quantitative estimate of drug-likeness (QED) is 0.0363. The van der Waals surface area contributed by atoms with E-state index >= 15 is 0 Å². The summed E-state index contributed by atoms with van der Waals surface area (Å²) in [4.78, 5) is 12.5. The number of hydrogen-bond donors (Lipinski definition) is 4. The zero-order valence-electron chi connectivity index (χ0n) is 40.6. The monoisotopic (exact) mass is 846 g/mol. The van der Waals surface area contributed by atoms with Crippen LogP contribution >= 0.6 is 0 Å². The van der Waals surface area contributed by atoms with E-state index in [1.807, 2.05) is 6.08 Å². The molecule has 0 aliphatic rings. The molecule has 5 nitrogen and oxygen atoms in total. The lowest BCUT2D eigenvalue weighted by Gasteiger charge is -2.21. The van der Waals surface area contributed by atoms with Crippen molar-refractivity contribution < 1.29 is 20.1 Å². The molecule has 3 unspecified atom stereocenters. The minimum atomic E-state index is -0.950. The highest BCUT2D eigenvalue weighted by molar-refractivity contribution is 5.76. The number of carbonyl (C=O) groups excluding carboxylic acids is 1. The second-order valence-electron chi connectivity index (χ2n) is 18.8. The summed E-state index contributed by atoms with van der Waals surface area (Å²) < 4.78 is 0. The Morgan fingerprint density at radius 1 is 0.417 bits per heavy atom. The number of hydrogen-bond acceptors (Lipinski definition) is 4. The predicted octanol–water partition coefficient (Wildman–Crippen LogP) is 16.5. The van der Waals surface area contributed by atoms with Crippen LogP contribution in [0.25, 0.3) is 0 Å². The first kappa shape index (κ1) is 58.8. The molecule has 0 aromatic rings. The lowest BCUT2D eigenvalue weighted by Crippen LogP contribution is -2.45. The van der Waals surface area contributed by atoms with Gasteiger partial charge in [0.25, 0.3) is 0 Å². The molecule has 0 spiro atoms. The van der Waals surface area contributed by atoms with E-state index in [0.29, 0.717) is 6.42 Å². The minimum absolute atomic E-state index is 0.0103. The van der Waals surface area contributed by atoms with E-state index in [9.17, 15) is 20.1 Å². The Hall–Kier alpha value is -1.17. The van der Waals surface area contributed by atoms with Crippen LogP contribution in [-0.2, 0) is 4.79 Å². The van der Waals surface area contributed by atoms with Crippen molar-refractivity contribution in [3.63, 3.8) is 0 Å². The summed E-state index contributed by atoms with van der Waals surface area (Å²) in [6.45, 7) is 4.24. The number of nitrogens with one attached hydrogen (secondary N) is 1. The first-order valence-corrected chi connectivity index (χ1v) is 27.1. The molecular weight excluding hydrogens is 739 g/mol. The predicted molar refractivity (Wildman–Crippen MR) is 264 cm³/mol. The number of unbranched alkanes of at least 4 members (excludes halogenated alkanes) is 39. The third-order valence-electron chi connectivity index (χ3n) is 12.7. The van der Waals surface area contributed by atoms with E-state index in [2.05, 4.69) is 31.3 Å². The Bertz CT molecular complexity index is 890. The topological polar surface area (TPSA) is 89.8 Å². The molecule has 0 aromatic carbocycles. The summed E-state index contributed by atoms with van der Waals surface area (Å²) in [5, 5.41) is 33.4. The maximum Gasteiger partial charge on any atom is 0.222 e. The molecule has 60 heavy (non-hydrogen) atoms. The van der Waals surface area contributed by atoms with Gasteiger partial charge in [-0.25, -0.2) is 0 Å². The van der Waals surface area contributed by atoms with Gasteiger partial charge in [-0.3, -0.25) is 4.79 Å². The van der Waals surface area contributed by atoms with Gasteiger partial charge in [0.1, 0.15) is 0 Å². The summed E-state index contributed by atoms with van der Waals surface area (Å²) in [5.74, 6) is -0.319. The van der Waals surface area contributed by atoms with Gasteiger partial charge >= 0.3 is 0 Å². The van der Waals surface area contributed by atoms with Crippen molar-refractivity contribution in [2.75, 3.05) is 6.61 Å². The molecule has 0 heterocycles. The molecule has 1 amide bonds. The largest absolute Gasteiger partial charge is 0.394 e. The number of amides is 1. The first-order valence-electron chi connectivity index (χ1n) is 27.1. The van der Waals surface area contributed by atoms with Gasteiger partial charge in [0.15, 0.2) is 0 Å². The van der Waals surface area contributed by atoms with E-state index in [4.69, 9.17) is 0 Å². The maximum absolute atomic E-state index is 12.5. The molecule has 356 valence electrons. The lowest BCUT2D eigenvalue weighted by atomic mass is 10.0. The highest BCUT2D eigenvalue weighted by atomic mass is 16.3. The van der Waals surface area contributed by atoms with E-state index in [-0.39, 0.29) is 18.9 Å². The van der Waals surface area contributed by atoms with Gasteiger partial charge in [0.2, 0.25) is 5.91 Å². The highest BCUT2D eigenvalue weighted by Gasteiger charge is 2.20. The van der Waals surface area contributed by atoms with Crippen LogP contribution in [0.5, 0.6) is 0 Å². The van der Waals surface area contributed by atoms with E-state index < -0.39 is 18.2 Å². The Morgan fingerprint density at radius 2 is 0.717 bits per heavy atom. The normalized spacial score (nSPS) is 13.5. The summed E-state index contributed by atoms with van der Waals surface area (Å²) in [5.41, 5.74) is 0. The van der Waals surface area contributed by atoms with Crippen LogP contribution in [-0.4, -0.2) is 46.1 Å². The SMILES string of the molecule is CCCCCCCCCCCCCCCCCCC/C=C/CC/C=C/C(O)C(CO)NC(=O)CC(O)CCCCCCCCCCCCCCCCCCCCCCCC. The van der Waals surface area contributed by atoms with Crippen molar-refractivity contribution in [1.82, 2.24) is 5.32 Å². The van der Waals surface area contributed by atoms with Crippen LogP contribution in [0.2, 0.25) is 0 Å². The molecule has 0 aliphatic heterocycles. The standard InChI is InChI=1S/C55H107NO4/c1-3-5-7-9-11-13-15-17-19-21-23-25-27-29-31-33-35-37-39-41-43-45-47-49-54(59)53(51-57)56-55(60)50-52(58)48-46-44-42-40-38-36-34-32-30-28-26-24-22-20-18-16-14-12-10-8-6-4-2/h39,41,47,49,52-54,57-59H,3-38,40,42-46,48,50-51H2,1-2H3,(H,56,60)/b41-39+,49-47+. The fourth-order valence-electron chi connectivity index (χ4n) is 8.59. The van der Waals surface area contributed by atoms with E-state index in [1.54, 1.807) is 6.08 Å². The Labute approximate surface area is 375 Å². The van der Waals surface area contributed by atoms with Crippen LogP contribution in [0.15, 0.2) is 24.3 Å². The average molecular weight is 846 g/mol. The second-order valence-corrected chi connectivity index (χ2v) is 18.8. The van der Waals surface area contributed by atoms with Crippen molar-refractivity contribution >= 4 is 5.91 Å². The molecule has 0 fully saturated rings. The van der Waals surface area contributed by atoms with Crippen LogP contribution in [0, 0.1) is 0 Å².